The molecular weight excluding hydrogens is 423 g/mol. The third-order valence-corrected chi connectivity index (χ3v) is 2.77. The van der Waals surface area contributed by atoms with Crippen LogP contribution in [0, 0.1) is 15.6 Å². The molecule has 0 aliphatic carbocycles. The van der Waals surface area contributed by atoms with E-state index in [0.717, 1.165) is 0 Å². The van der Waals surface area contributed by atoms with Crippen molar-refractivity contribution in [2.24, 2.45) is 31.7 Å². The summed E-state index contributed by atoms with van der Waals surface area (Å²) < 4.78 is 0. The molecule has 0 aliphatic rings. The SMILES string of the molecule is [Al+3].[O-]/N=N/Oc1ccccc1.[O-]/N=N/Oc1ccccc1.[O-]/N=N/Oc1ccccc1. The van der Waals surface area contributed by atoms with Crippen molar-refractivity contribution < 1.29 is 14.5 Å². The zero-order valence-corrected chi connectivity index (χ0v) is 17.0. The number of rotatable bonds is 6. The molecule has 0 aromatic heterocycles. The van der Waals surface area contributed by atoms with Gasteiger partial charge in [0.15, 0.2) is 17.2 Å². The maximum absolute atomic E-state index is 9.44. The van der Waals surface area contributed by atoms with E-state index in [9.17, 15) is 15.6 Å². The molecule has 156 valence electrons. The van der Waals surface area contributed by atoms with E-state index in [2.05, 4.69) is 46.2 Å². The molecular formula is C18H15AlN6O6. The first kappa shape index (κ1) is 26.8. The maximum atomic E-state index is 9.44. The third kappa shape index (κ3) is 14.4. The Bertz CT molecular complexity index is 755. The Labute approximate surface area is 187 Å². The normalized spacial score (nSPS) is 9.68. The molecule has 0 atom stereocenters. The van der Waals surface area contributed by atoms with Crippen LogP contribution in [0.5, 0.6) is 17.2 Å². The van der Waals surface area contributed by atoms with E-state index >= 15 is 0 Å². The molecule has 3 aromatic rings. The van der Waals surface area contributed by atoms with Gasteiger partial charge in [0.25, 0.3) is 0 Å². The predicted molar refractivity (Wildman–Crippen MR) is 112 cm³/mol. The number of nitrogens with zero attached hydrogens (tertiary/aromatic N) is 6. The van der Waals surface area contributed by atoms with E-state index < -0.39 is 0 Å². The van der Waals surface area contributed by atoms with Gasteiger partial charge in [0.1, 0.15) is 0 Å². The minimum Gasteiger partial charge on any atom is -0.773 e. The monoisotopic (exact) mass is 438 g/mol. The Balaban J connectivity index is 0.000000429. The Morgan fingerprint density at radius 2 is 0.645 bits per heavy atom. The molecule has 0 spiro atoms. The van der Waals surface area contributed by atoms with Crippen molar-refractivity contribution in [3.8, 4) is 17.2 Å². The Morgan fingerprint density at radius 1 is 0.419 bits per heavy atom. The van der Waals surface area contributed by atoms with Gasteiger partial charge in [-0.3, -0.25) is 0 Å². The van der Waals surface area contributed by atoms with Gasteiger partial charge < -0.3 is 30.1 Å². The van der Waals surface area contributed by atoms with E-state index in [1.54, 1.807) is 72.8 Å². The summed E-state index contributed by atoms with van der Waals surface area (Å²) in [4.78, 5) is 13.5. The number of para-hydroxylation sites is 3. The molecule has 0 amide bonds. The van der Waals surface area contributed by atoms with Crippen molar-refractivity contribution in [2.45, 2.75) is 0 Å². The van der Waals surface area contributed by atoms with Crippen LogP contribution in [0.15, 0.2) is 123 Å². The van der Waals surface area contributed by atoms with E-state index in [1.807, 2.05) is 18.2 Å². The van der Waals surface area contributed by atoms with Crippen molar-refractivity contribution in [3.05, 3.63) is 107 Å². The minimum absolute atomic E-state index is 0. The van der Waals surface area contributed by atoms with Gasteiger partial charge in [0, 0.05) is 15.8 Å². The molecule has 0 aliphatic heterocycles. The van der Waals surface area contributed by atoms with Crippen LogP contribution in [0.3, 0.4) is 0 Å². The molecule has 0 radical (unpaired) electrons. The van der Waals surface area contributed by atoms with Crippen molar-refractivity contribution in [1.29, 1.82) is 0 Å². The van der Waals surface area contributed by atoms with Crippen LogP contribution in [0.25, 0.3) is 0 Å². The van der Waals surface area contributed by atoms with Gasteiger partial charge >= 0.3 is 17.4 Å². The largest absolute Gasteiger partial charge is 3.00 e. The summed E-state index contributed by atoms with van der Waals surface area (Å²) in [6, 6.07) is 26.2. The topological polar surface area (TPSA) is 171 Å². The fourth-order valence-electron chi connectivity index (χ4n) is 1.64. The van der Waals surface area contributed by atoms with Gasteiger partial charge in [0.05, 0.1) is 0 Å². The second-order valence-electron chi connectivity index (χ2n) is 4.70. The zero-order chi connectivity index (χ0) is 21.7. The van der Waals surface area contributed by atoms with Gasteiger partial charge in [0.2, 0.25) is 0 Å². The second kappa shape index (κ2) is 19.1. The smallest absolute Gasteiger partial charge is 0.773 e. The number of benzene rings is 3. The summed E-state index contributed by atoms with van der Waals surface area (Å²) in [6.07, 6.45) is 0. The van der Waals surface area contributed by atoms with Crippen LogP contribution in [-0.4, -0.2) is 17.4 Å². The molecule has 0 saturated carbocycles. The Kier molecular flexibility index (Phi) is 16.5. The van der Waals surface area contributed by atoms with Crippen LogP contribution < -0.4 is 14.5 Å². The van der Waals surface area contributed by atoms with Gasteiger partial charge in [-0.15, -0.1) is 0 Å². The average Bonchev–Trinajstić information content (AvgIpc) is 2.83. The summed E-state index contributed by atoms with van der Waals surface area (Å²) in [7, 11) is 0. The predicted octanol–water partition coefficient (Wildman–Crippen LogP) is 5.41. The molecule has 12 nitrogen and oxygen atoms in total. The number of hydrogen-bond acceptors (Lipinski definition) is 12. The third-order valence-electron chi connectivity index (χ3n) is 2.77. The molecule has 0 bridgehead atoms. The summed E-state index contributed by atoms with van der Waals surface area (Å²) in [5.74, 6) is 1.51. The van der Waals surface area contributed by atoms with E-state index in [1.165, 1.54) is 0 Å². The van der Waals surface area contributed by atoms with Crippen molar-refractivity contribution in [3.63, 3.8) is 0 Å². The first-order valence-electron chi connectivity index (χ1n) is 8.04. The molecule has 13 heteroatoms. The van der Waals surface area contributed by atoms with Gasteiger partial charge in [-0.05, 0) is 36.4 Å². The fraction of sp³-hybridized carbons (Fsp3) is 0. The molecule has 0 N–H and O–H groups in total. The van der Waals surface area contributed by atoms with Crippen molar-refractivity contribution in [1.82, 2.24) is 0 Å². The van der Waals surface area contributed by atoms with Gasteiger partial charge in [-0.25, -0.2) is 0 Å². The van der Waals surface area contributed by atoms with Crippen LogP contribution in [0.4, 0.5) is 0 Å². The molecule has 0 heterocycles. The summed E-state index contributed by atoms with van der Waals surface area (Å²) in [6.45, 7) is 0. The van der Waals surface area contributed by atoms with E-state index in [0.29, 0.717) is 17.2 Å². The maximum Gasteiger partial charge on any atom is 3.00 e. The second-order valence-corrected chi connectivity index (χ2v) is 4.70. The van der Waals surface area contributed by atoms with Crippen molar-refractivity contribution >= 4 is 17.4 Å². The molecule has 3 aromatic carbocycles. The molecule has 0 unspecified atom stereocenters. The molecule has 3 rings (SSSR count). The molecule has 0 fully saturated rings. The standard InChI is InChI=1S/3C6H6N2O2.Al/c3*9-7-8-10-6-4-2-1-3-5-6;/h3*1-5H,(H,8,9);/q;;;+3/p-3. The first-order chi connectivity index (χ1) is 14.8. The van der Waals surface area contributed by atoms with Gasteiger partial charge in [-0.2, -0.15) is 15.8 Å². The summed E-state index contributed by atoms with van der Waals surface area (Å²) in [5, 5.41) is 43.3. The molecule has 31 heavy (non-hydrogen) atoms. The van der Waals surface area contributed by atoms with Crippen LogP contribution >= 0.6 is 0 Å². The van der Waals surface area contributed by atoms with E-state index in [-0.39, 0.29) is 17.4 Å². The van der Waals surface area contributed by atoms with E-state index in [4.69, 9.17) is 0 Å². The Morgan fingerprint density at radius 3 is 0.839 bits per heavy atom. The summed E-state index contributed by atoms with van der Waals surface area (Å²) >= 11 is 0. The summed E-state index contributed by atoms with van der Waals surface area (Å²) in [5.41, 5.74) is 0. The quantitative estimate of drug-likeness (QED) is 0.283. The number of hydrogen-bond donors (Lipinski definition) is 0. The fourth-order valence-corrected chi connectivity index (χ4v) is 1.64. The molecule has 0 saturated heterocycles. The first-order valence-corrected chi connectivity index (χ1v) is 8.04. The van der Waals surface area contributed by atoms with Crippen LogP contribution in [-0.2, 0) is 0 Å². The van der Waals surface area contributed by atoms with Crippen LogP contribution in [0.2, 0.25) is 0 Å². The van der Waals surface area contributed by atoms with Crippen LogP contribution in [0.1, 0.15) is 0 Å². The van der Waals surface area contributed by atoms with Crippen molar-refractivity contribution in [2.75, 3.05) is 0 Å². The zero-order valence-electron chi connectivity index (χ0n) is 15.9. The Hall–Kier alpha value is -4.21. The van der Waals surface area contributed by atoms with Gasteiger partial charge in [-0.1, -0.05) is 54.6 Å². The average molecular weight is 438 g/mol. The minimum atomic E-state index is 0.